The fourth-order valence-corrected chi connectivity index (χ4v) is 3.38. The largest absolute Gasteiger partial charge is 0.370 e. The van der Waals surface area contributed by atoms with Gasteiger partial charge in [0.15, 0.2) is 5.65 Å². The van der Waals surface area contributed by atoms with Gasteiger partial charge in [-0.1, -0.05) is 6.07 Å². The van der Waals surface area contributed by atoms with Crippen LogP contribution in [0, 0.1) is 6.92 Å². The van der Waals surface area contributed by atoms with Crippen LogP contribution in [0.1, 0.15) is 12.5 Å². The van der Waals surface area contributed by atoms with Crippen LogP contribution in [0.25, 0.3) is 27.5 Å². The van der Waals surface area contributed by atoms with Crippen molar-refractivity contribution >= 4 is 22.8 Å². The van der Waals surface area contributed by atoms with E-state index < -0.39 is 0 Å². The predicted molar refractivity (Wildman–Crippen MR) is 98.4 cm³/mol. The molecular weight excluding hydrogens is 318 g/mol. The number of pyridine rings is 1. The molecule has 0 aliphatic rings. The Morgan fingerprint density at radius 1 is 1.17 bits per heavy atom. The molecule has 0 saturated heterocycles. The highest BCUT2D eigenvalue weighted by molar-refractivity contribution is 7.13. The van der Waals surface area contributed by atoms with Gasteiger partial charge in [-0.25, -0.2) is 14.5 Å². The SMILES string of the molecule is CCNc1cc(C)cc(-c2cnn3ccc(-c4cccs4)nc23)n1. The number of fused-ring (bicyclic) bond motifs is 1. The number of rotatable bonds is 4. The van der Waals surface area contributed by atoms with E-state index in [1.54, 1.807) is 15.9 Å². The molecule has 0 saturated carbocycles. The second-order valence-electron chi connectivity index (χ2n) is 5.56. The standard InChI is InChI=1S/C18H17N5S/c1-3-19-17-10-12(2)9-15(21-17)13-11-20-23-7-6-14(22-18(13)23)16-5-4-8-24-16/h4-11H,3H2,1-2H3,(H,19,21). The van der Waals surface area contributed by atoms with E-state index >= 15 is 0 Å². The minimum absolute atomic E-state index is 0.821. The first kappa shape index (κ1) is 14.8. The summed E-state index contributed by atoms with van der Waals surface area (Å²) in [7, 11) is 0. The first-order chi connectivity index (χ1) is 11.7. The summed E-state index contributed by atoms with van der Waals surface area (Å²) in [5.41, 5.74) is 4.76. The molecule has 120 valence electrons. The van der Waals surface area contributed by atoms with Gasteiger partial charge in [-0.05, 0) is 49.1 Å². The zero-order valence-electron chi connectivity index (χ0n) is 13.5. The Hall–Kier alpha value is -2.73. The van der Waals surface area contributed by atoms with Crippen LogP contribution in [0.15, 0.2) is 48.1 Å². The highest BCUT2D eigenvalue weighted by Gasteiger charge is 2.12. The van der Waals surface area contributed by atoms with Crippen molar-refractivity contribution < 1.29 is 0 Å². The summed E-state index contributed by atoms with van der Waals surface area (Å²) in [6, 6.07) is 10.2. The Bertz CT molecular complexity index is 988. The number of aromatic nitrogens is 4. The number of aryl methyl sites for hydroxylation is 1. The van der Waals surface area contributed by atoms with Crippen molar-refractivity contribution in [2.45, 2.75) is 13.8 Å². The first-order valence-electron chi connectivity index (χ1n) is 7.86. The van der Waals surface area contributed by atoms with E-state index in [1.807, 2.05) is 30.6 Å². The molecular formula is C18H17N5S. The van der Waals surface area contributed by atoms with E-state index in [9.17, 15) is 0 Å². The van der Waals surface area contributed by atoms with Gasteiger partial charge >= 0.3 is 0 Å². The van der Waals surface area contributed by atoms with Gasteiger partial charge in [-0.3, -0.25) is 0 Å². The van der Waals surface area contributed by atoms with Crippen molar-refractivity contribution in [3.05, 3.63) is 53.7 Å². The van der Waals surface area contributed by atoms with Crippen LogP contribution in [0.4, 0.5) is 5.82 Å². The quantitative estimate of drug-likeness (QED) is 0.605. The summed E-state index contributed by atoms with van der Waals surface area (Å²) in [6.45, 7) is 4.97. The minimum Gasteiger partial charge on any atom is -0.370 e. The van der Waals surface area contributed by atoms with Gasteiger partial charge in [-0.15, -0.1) is 11.3 Å². The van der Waals surface area contributed by atoms with Crippen LogP contribution in [0.5, 0.6) is 0 Å². The zero-order valence-corrected chi connectivity index (χ0v) is 14.3. The van der Waals surface area contributed by atoms with E-state index in [2.05, 4.69) is 41.8 Å². The maximum atomic E-state index is 4.81. The Kier molecular flexibility index (Phi) is 3.74. The molecule has 0 aliphatic carbocycles. The molecule has 0 aromatic carbocycles. The summed E-state index contributed by atoms with van der Waals surface area (Å²) in [5, 5.41) is 9.75. The minimum atomic E-state index is 0.821. The summed E-state index contributed by atoms with van der Waals surface area (Å²) in [5.74, 6) is 0.876. The molecule has 0 atom stereocenters. The van der Waals surface area contributed by atoms with Crippen molar-refractivity contribution in [3.63, 3.8) is 0 Å². The van der Waals surface area contributed by atoms with E-state index in [0.717, 1.165) is 45.4 Å². The fraction of sp³-hybridized carbons (Fsp3) is 0.167. The smallest absolute Gasteiger partial charge is 0.165 e. The molecule has 0 spiro atoms. The van der Waals surface area contributed by atoms with Gasteiger partial charge in [-0.2, -0.15) is 5.10 Å². The molecule has 6 heteroatoms. The van der Waals surface area contributed by atoms with Gasteiger partial charge in [0, 0.05) is 12.7 Å². The van der Waals surface area contributed by atoms with Gasteiger partial charge in [0.1, 0.15) is 5.82 Å². The summed E-state index contributed by atoms with van der Waals surface area (Å²) in [4.78, 5) is 10.7. The normalized spacial score (nSPS) is 11.1. The summed E-state index contributed by atoms with van der Waals surface area (Å²) in [6.07, 6.45) is 3.78. The van der Waals surface area contributed by atoms with Crippen LogP contribution in [0.3, 0.4) is 0 Å². The number of hydrogen-bond acceptors (Lipinski definition) is 5. The van der Waals surface area contributed by atoms with E-state index in [-0.39, 0.29) is 0 Å². The first-order valence-corrected chi connectivity index (χ1v) is 8.74. The van der Waals surface area contributed by atoms with E-state index in [4.69, 9.17) is 9.97 Å². The molecule has 0 amide bonds. The van der Waals surface area contributed by atoms with Crippen LogP contribution >= 0.6 is 11.3 Å². The average Bonchev–Trinajstić information content (AvgIpc) is 3.24. The number of nitrogens with one attached hydrogen (secondary N) is 1. The number of hydrogen-bond donors (Lipinski definition) is 1. The Balaban J connectivity index is 1.86. The van der Waals surface area contributed by atoms with Crippen LogP contribution < -0.4 is 5.32 Å². The molecule has 4 rings (SSSR count). The molecule has 24 heavy (non-hydrogen) atoms. The molecule has 0 bridgehead atoms. The topological polar surface area (TPSA) is 55.1 Å². The molecule has 0 unspecified atom stereocenters. The Labute approximate surface area is 144 Å². The van der Waals surface area contributed by atoms with Gasteiger partial charge in [0.2, 0.25) is 0 Å². The van der Waals surface area contributed by atoms with Crippen molar-refractivity contribution in [1.82, 2.24) is 19.6 Å². The second-order valence-corrected chi connectivity index (χ2v) is 6.51. The van der Waals surface area contributed by atoms with Crippen LogP contribution in [-0.2, 0) is 0 Å². The van der Waals surface area contributed by atoms with Crippen molar-refractivity contribution in [2.24, 2.45) is 0 Å². The van der Waals surface area contributed by atoms with Gasteiger partial charge < -0.3 is 5.32 Å². The van der Waals surface area contributed by atoms with Gasteiger partial charge in [0.05, 0.1) is 28.0 Å². The van der Waals surface area contributed by atoms with Crippen LogP contribution in [-0.4, -0.2) is 26.1 Å². The van der Waals surface area contributed by atoms with Crippen LogP contribution in [0.2, 0.25) is 0 Å². The molecule has 4 heterocycles. The summed E-state index contributed by atoms with van der Waals surface area (Å²) >= 11 is 1.68. The fourth-order valence-electron chi connectivity index (χ4n) is 2.69. The lowest BCUT2D eigenvalue weighted by Gasteiger charge is -2.07. The third-order valence-corrected chi connectivity index (χ3v) is 4.64. The second kappa shape index (κ2) is 6.05. The van der Waals surface area contributed by atoms with Crippen molar-refractivity contribution in [1.29, 1.82) is 0 Å². The number of nitrogens with zero attached hydrogens (tertiary/aromatic N) is 4. The Morgan fingerprint density at radius 3 is 2.88 bits per heavy atom. The Morgan fingerprint density at radius 2 is 2.08 bits per heavy atom. The molecule has 0 radical (unpaired) electrons. The van der Waals surface area contributed by atoms with E-state index in [1.165, 1.54) is 0 Å². The molecule has 0 fully saturated rings. The highest BCUT2D eigenvalue weighted by atomic mass is 32.1. The molecule has 5 nitrogen and oxygen atoms in total. The lowest BCUT2D eigenvalue weighted by molar-refractivity contribution is 0.941. The predicted octanol–water partition coefficient (Wildman–Crippen LogP) is 4.26. The maximum absolute atomic E-state index is 4.81. The van der Waals surface area contributed by atoms with E-state index in [0.29, 0.717) is 0 Å². The molecule has 1 N–H and O–H groups in total. The lowest BCUT2D eigenvalue weighted by atomic mass is 10.1. The third-order valence-electron chi connectivity index (χ3n) is 3.75. The van der Waals surface area contributed by atoms with Crippen molar-refractivity contribution in [2.75, 3.05) is 11.9 Å². The number of anilines is 1. The molecule has 4 aromatic rings. The number of thiophene rings is 1. The lowest BCUT2D eigenvalue weighted by Crippen LogP contribution is -2.00. The van der Waals surface area contributed by atoms with Crippen molar-refractivity contribution in [3.8, 4) is 21.8 Å². The average molecular weight is 335 g/mol. The monoisotopic (exact) mass is 335 g/mol. The highest BCUT2D eigenvalue weighted by Crippen LogP contribution is 2.28. The summed E-state index contributed by atoms with van der Waals surface area (Å²) < 4.78 is 1.80. The maximum Gasteiger partial charge on any atom is 0.165 e. The molecule has 0 aliphatic heterocycles. The molecule has 4 aromatic heterocycles. The third kappa shape index (κ3) is 2.65. The zero-order chi connectivity index (χ0) is 16.5. The van der Waals surface area contributed by atoms with Gasteiger partial charge in [0.25, 0.3) is 0 Å².